The van der Waals surface area contributed by atoms with Crippen LogP contribution in [0.2, 0.25) is 0 Å². The Morgan fingerprint density at radius 2 is 2.06 bits per heavy atom. The smallest absolute Gasteiger partial charge is 0.318 e. The SMILES string of the molecule is COc1ccc(N(N)O[N+](=O)[O-])c(OC)c1. The summed E-state index contributed by atoms with van der Waals surface area (Å²) in [4.78, 5) is 14.2. The topological polar surface area (TPSA) is 100 Å². The average Bonchev–Trinajstić information content (AvgIpc) is 2.27. The molecule has 2 N–H and O–H groups in total. The van der Waals surface area contributed by atoms with Gasteiger partial charge in [-0.3, -0.25) is 0 Å². The molecule has 0 heterocycles. The molecule has 0 aliphatic carbocycles. The number of nitrogens with zero attached hydrogens (tertiary/aromatic N) is 2. The molecule has 0 saturated heterocycles. The number of benzene rings is 1. The molecule has 0 atom stereocenters. The molecule has 0 unspecified atom stereocenters. The predicted molar refractivity (Wildman–Crippen MR) is 54.3 cm³/mol. The lowest BCUT2D eigenvalue weighted by atomic mass is 10.3. The highest BCUT2D eigenvalue weighted by Crippen LogP contribution is 2.30. The molecule has 0 bridgehead atoms. The molecule has 16 heavy (non-hydrogen) atoms. The number of hydrogen-bond acceptors (Lipinski definition) is 7. The zero-order chi connectivity index (χ0) is 12.1. The van der Waals surface area contributed by atoms with Gasteiger partial charge >= 0.3 is 5.09 Å². The van der Waals surface area contributed by atoms with Gasteiger partial charge in [0.2, 0.25) is 0 Å². The van der Waals surface area contributed by atoms with Crippen LogP contribution in [0, 0.1) is 10.1 Å². The number of hydrazine groups is 1. The third-order valence-electron chi connectivity index (χ3n) is 1.78. The Kier molecular flexibility index (Phi) is 3.72. The highest BCUT2D eigenvalue weighted by atomic mass is 17.0. The molecule has 0 aromatic heterocycles. The minimum absolute atomic E-state index is 0.208. The normalized spacial score (nSPS) is 9.44. The molecule has 1 aromatic carbocycles. The van der Waals surface area contributed by atoms with Gasteiger partial charge in [0.25, 0.3) is 0 Å². The second-order valence-corrected chi connectivity index (χ2v) is 2.67. The lowest BCUT2D eigenvalue weighted by Crippen LogP contribution is -2.33. The standard InChI is InChI=1S/C8H11N3O5/c1-14-6-3-4-7(8(5-6)15-2)10(9)16-11(12)13/h3-5H,9H2,1-2H3. The van der Waals surface area contributed by atoms with E-state index in [-0.39, 0.29) is 5.69 Å². The zero-order valence-electron chi connectivity index (χ0n) is 8.75. The van der Waals surface area contributed by atoms with Gasteiger partial charge in [-0.15, -0.1) is 15.3 Å². The maximum atomic E-state index is 10.1. The van der Waals surface area contributed by atoms with Crippen molar-refractivity contribution in [3.63, 3.8) is 0 Å². The number of nitrogens with two attached hydrogens (primary N) is 1. The summed E-state index contributed by atoms with van der Waals surface area (Å²) in [5.41, 5.74) is 0.208. The van der Waals surface area contributed by atoms with Crippen LogP contribution in [0.15, 0.2) is 18.2 Å². The van der Waals surface area contributed by atoms with Crippen molar-refractivity contribution in [3.8, 4) is 11.5 Å². The minimum Gasteiger partial charge on any atom is -0.497 e. The first-order valence-corrected chi connectivity index (χ1v) is 4.17. The van der Waals surface area contributed by atoms with Gasteiger partial charge < -0.3 is 9.47 Å². The molecule has 1 rings (SSSR count). The first-order chi connectivity index (χ1) is 7.58. The highest BCUT2D eigenvalue weighted by Gasteiger charge is 2.13. The van der Waals surface area contributed by atoms with Crippen LogP contribution in [0.25, 0.3) is 0 Å². The number of hydrogen-bond donors (Lipinski definition) is 1. The summed E-state index contributed by atoms with van der Waals surface area (Å²) in [5, 5.41) is 9.58. The summed E-state index contributed by atoms with van der Waals surface area (Å²) in [7, 11) is 2.89. The third kappa shape index (κ3) is 2.64. The third-order valence-corrected chi connectivity index (χ3v) is 1.78. The Bertz CT molecular complexity index is 384. The number of methoxy groups -OCH3 is 2. The van der Waals surface area contributed by atoms with Crippen LogP contribution in [-0.2, 0) is 4.94 Å². The molecule has 88 valence electrons. The maximum absolute atomic E-state index is 10.1. The van der Waals surface area contributed by atoms with Crippen molar-refractivity contribution < 1.29 is 19.5 Å². The van der Waals surface area contributed by atoms with Gasteiger partial charge in [0.1, 0.15) is 17.2 Å². The van der Waals surface area contributed by atoms with Crippen LogP contribution in [0.1, 0.15) is 0 Å². The first kappa shape index (κ1) is 11.9. The molecule has 0 fully saturated rings. The van der Waals surface area contributed by atoms with Gasteiger partial charge in [0, 0.05) is 6.07 Å². The van der Waals surface area contributed by atoms with Gasteiger partial charge in [-0.1, -0.05) is 0 Å². The fourth-order valence-corrected chi connectivity index (χ4v) is 1.08. The Balaban J connectivity index is 2.98. The Morgan fingerprint density at radius 3 is 2.56 bits per heavy atom. The van der Waals surface area contributed by atoms with Crippen LogP contribution < -0.4 is 20.5 Å². The summed E-state index contributed by atoms with van der Waals surface area (Å²) in [5.74, 6) is 6.14. The van der Waals surface area contributed by atoms with Crippen LogP contribution in [0.3, 0.4) is 0 Å². The van der Waals surface area contributed by atoms with Crippen molar-refractivity contribution in [1.82, 2.24) is 0 Å². The highest BCUT2D eigenvalue weighted by molar-refractivity contribution is 5.58. The van der Waals surface area contributed by atoms with Gasteiger partial charge in [0.15, 0.2) is 0 Å². The average molecular weight is 229 g/mol. The van der Waals surface area contributed by atoms with E-state index in [9.17, 15) is 10.1 Å². The van der Waals surface area contributed by atoms with Crippen molar-refractivity contribution in [1.29, 1.82) is 0 Å². The molecule has 8 heteroatoms. The second kappa shape index (κ2) is 5.03. The van der Waals surface area contributed by atoms with Crippen molar-refractivity contribution in [2.75, 3.05) is 19.4 Å². The molecule has 0 radical (unpaired) electrons. The van der Waals surface area contributed by atoms with E-state index in [1.165, 1.54) is 26.4 Å². The molecule has 0 amide bonds. The molecule has 0 saturated carbocycles. The van der Waals surface area contributed by atoms with Crippen LogP contribution in [-0.4, -0.2) is 19.3 Å². The first-order valence-electron chi connectivity index (χ1n) is 4.17. The minimum atomic E-state index is -1.02. The monoisotopic (exact) mass is 229 g/mol. The molecule has 0 spiro atoms. The van der Waals surface area contributed by atoms with Gasteiger partial charge in [-0.05, 0) is 12.1 Å². The number of rotatable bonds is 5. The predicted octanol–water partition coefficient (Wildman–Crippen LogP) is 0.507. The van der Waals surface area contributed by atoms with Crippen LogP contribution in [0.4, 0.5) is 5.69 Å². The van der Waals surface area contributed by atoms with E-state index in [0.29, 0.717) is 16.7 Å². The molecular weight excluding hydrogens is 218 g/mol. The zero-order valence-corrected chi connectivity index (χ0v) is 8.75. The van der Waals surface area contributed by atoms with Crippen molar-refractivity contribution in [2.45, 2.75) is 0 Å². The van der Waals surface area contributed by atoms with Crippen molar-refractivity contribution in [2.24, 2.45) is 5.84 Å². The summed E-state index contributed by atoms with van der Waals surface area (Å²) < 4.78 is 9.94. The lowest BCUT2D eigenvalue weighted by Gasteiger charge is -2.17. The quantitative estimate of drug-likeness (QED) is 0.446. The Morgan fingerprint density at radius 1 is 1.38 bits per heavy atom. The lowest BCUT2D eigenvalue weighted by molar-refractivity contribution is -0.762. The molecule has 0 aliphatic rings. The van der Waals surface area contributed by atoms with Gasteiger partial charge in [-0.2, -0.15) is 4.94 Å². The fraction of sp³-hybridized carbons (Fsp3) is 0.250. The van der Waals surface area contributed by atoms with E-state index in [4.69, 9.17) is 15.3 Å². The Labute approximate surface area is 91.1 Å². The summed E-state index contributed by atoms with van der Waals surface area (Å²) in [6, 6.07) is 4.57. The van der Waals surface area contributed by atoms with Gasteiger partial charge in [-0.25, -0.2) is 5.84 Å². The van der Waals surface area contributed by atoms with E-state index in [1.54, 1.807) is 6.07 Å². The molecular formula is C8H11N3O5. The second-order valence-electron chi connectivity index (χ2n) is 2.67. The number of ether oxygens (including phenoxy) is 2. The molecule has 8 nitrogen and oxygen atoms in total. The summed E-state index contributed by atoms with van der Waals surface area (Å²) in [6.07, 6.45) is 0. The molecule has 0 aliphatic heterocycles. The fourth-order valence-electron chi connectivity index (χ4n) is 1.08. The van der Waals surface area contributed by atoms with E-state index in [0.717, 1.165) is 0 Å². The maximum Gasteiger partial charge on any atom is 0.318 e. The van der Waals surface area contributed by atoms with E-state index >= 15 is 0 Å². The van der Waals surface area contributed by atoms with Crippen LogP contribution in [0.5, 0.6) is 11.5 Å². The van der Waals surface area contributed by atoms with Crippen molar-refractivity contribution in [3.05, 3.63) is 28.3 Å². The van der Waals surface area contributed by atoms with E-state index < -0.39 is 5.09 Å². The summed E-state index contributed by atoms with van der Waals surface area (Å²) >= 11 is 0. The van der Waals surface area contributed by atoms with Gasteiger partial charge in [0.05, 0.1) is 14.2 Å². The Hall–Kier alpha value is -2.22. The molecule has 1 aromatic rings. The van der Waals surface area contributed by atoms with Crippen molar-refractivity contribution >= 4 is 5.69 Å². The van der Waals surface area contributed by atoms with E-state index in [2.05, 4.69) is 4.94 Å². The van der Waals surface area contributed by atoms with Crippen LogP contribution >= 0.6 is 0 Å². The number of anilines is 1. The largest absolute Gasteiger partial charge is 0.497 e. The van der Waals surface area contributed by atoms with E-state index in [1.807, 2.05) is 0 Å². The summed E-state index contributed by atoms with van der Waals surface area (Å²) in [6.45, 7) is 0.